The van der Waals surface area contributed by atoms with Crippen molar-refractivity contribution < 1.29 is 24.3 Å². The molecule has 0 fully saturated rings. The molecule has 0 bridgehead atoms. The van der Waals surface area contributed by atoms with Gasteiger partial charge in [0.25, 0.3) is 0 Å². The van der Waals surface area contributed by atoms with Crippen molar-refractivity contribution >= 4 is 5.97 Å². The first-order valence-electron chi connectivity index (χ1n) is 3.76. The van der Waals surface area contributed by atoms with E-state index in [0.29, 0.717) is 5.57 Å². The lowest BCUT2D eigenvalue weighted by Crippen LogP contribution is -2.19. The maximum Gasteiger partial charge on any atom is 0.333 e. The third kappa shape index (κ3) is 6.27. The van der Waals surface area contributed by atoms with Gasteiger partial charge in [-0.1, -0.05) is 11.6 Å². The summed E-state index contributed by atoms with van der Waals surface area (Å²) in [4.78, 5) is 19.7. The highest BCUT2D eigenvalue weighted by Gasteiger charge is 2.08. The van der Waals surface area contributed by atoms with Crippen molar-refractivity contribution in [1.29, 1.82) is 0 Å². The Kier molecular flexibility index (Phi) is 6.13. The van der Waals surface area contributed by atoms with E-state index in [-0.39, 0.29) is 12.7 Å². The van der Waals surface area contributed by atoms with E-state index < -0.39 is 5.97 Å². The van der Waals surface area contributed by atoms with Crippen molar-refractivity contribution in [1.82, 2.24) is 0 Å². The van der Waals surface area contributed by atoms with Crippen molar-refractivity contribution in [3.05, 3.63) is 12.2 Å². The van der Waals surface area contributed by atoms with Crippen LogP contribution in [0.5, 0.6) is 0 Å². The van der Waals surface area contributed by atoms with Gasteiger partial charge in [0, 0.05) is 5.57 Å². The maximum atomic E-state index is 10.9. The van der Waals surface area contributed by atoms with Crippen LogP contribution in [-0.2, 0) is 24.3 Å². The normalized spacial score (nSPS) is 12.2. The Morgan fingerprint density at radius 2 is 2.15 bits per heavy atom. The molecule has 0 aromatic carbocycles. The maximum absolute atomic E-state index is 10.9. The van der Waals surface area contributed by atoms with Gasteiger partial charge in [0.05, 0.1) is 7.11 Å². The highest BCUT2D eigenvalue weighted by Crippen LogP contribution is 1.97. The molecule has 0 rings (SSSR count). The highest BCUT2D eigenvalue weighted by atomic mass is 17.5. The first kappa shape index (κ1) is 12.1. The first-order chi connectivity index (χ1) is 6.07. The van der Waals surface area contributed by atoms with Gasteiger partial charge in [0.2, 0.25) is 0 Å². The summed E-state index contributed by atoms with van der Waals surface area (Å²) in [5.41, 5.74) is 0.347. The Labute approximate surface area is 77.1 Å². The zero-order valence-electron chi connectivity index (χ0n) is 8.03. The minimum Gasteiger partial charge on any atom is -0.459 e. The quantitative estimate of drug-likeness (QED) is 0.271. The summed E-state index contributed by atoms with van der Waals surface area (Å²) in [6.45, 7) is 6.76. The molecule has 0 radical (unpaired) electrons. The van der Waals surface area contributed by atoms with Crippen LogP contribution in [0.25, 0.3) is 0 Å². The van der Waals surface area contributed by atoms with Crippen molar-refractivity contribution in [2.45, 2.75) is 20.0 Å². The number of hydrogen-bond acceptors (Lipinski definition) is 5. The van der Waals surface area contributed by atoms with Crippen LogP contribution >= 0.6 is 0 Å². The molecular formula is C8H14O5. The van der Waals surface area contributed by atoms with Crippen LogP contribution in [0.1, 0.15) is 13.8 Å². The lowest BCUT2D eigenvalue weighted by molar-refractivity contribution is -0.516. The Hall–Kier alpha value is -0.910. The smallest absolute Gasteiger partial charge is 0.333 e. The second kappa shape index (κ2) is 6.59. The van der Waals surface area contributed by atoms with E-state index in [4.69, 9.17) is 4.74 Å². The summed E-state index contributed by atoms with van der Waals surface area (Å²) in [5, 5.41) is 4.17. The molecule has 0 spiro atoms. The Balaban J connectivity index is 3.51. The zero-order valence-corrected chi connectivity index (χ0v) is 8.03. The van der Waals surface area contributed by atoms with E-state index >= 15 is 0 Å². The molecule has 0 saturated heterocycles. The molecule has 0 amide bonds. The third-order valence-corrected chi connectivity index (χ3v) is 1.07. The molecule has 1 atom stereocenters. The van der Waals surface area contributed by atoms with Crippen LogP contribution < -0.4 is 0 Å². The van der Waals surface area contributed by atoms with Crippen LogP contribution in [0, 0.1) is 0 Å². The third-order valence-electron chi connectivity index (χ3n) is 1.07. The van der Waals surface area contributed by atoms with Crippen LogP contribution in [0.3, 0.4) is 0 Å². The lowest BCUT2D eigenvalue weighted by atomic mass is 10.3. The Morgan fingerprint density at radius 1 is 1.54 bits per heavy atom. The Bertz CT molecular complexity index is 177. The van der Waals surface area contributed by atoms with Crippen LogP contribution in [0.2, 0.25) is 0 Å². The van der Waals surface area contributed by atoms with Gasteiger partial charge in [-0.25, -0.2) is 9.68 Å². The van der Waals surface area contributed by atoms with E-state index in [0.717, 1.165) is 0 Å². The minimum atomic E-state index is -0.451. The summed E-state index contributed by atoms with van der Waals surface area (Å²) >= 11 is 0. The highest BCUT2D eigenvalue weighted by molar-refractivity contribution is 5.86. The summed E-state index contributed by atoms with van der Waals surface area (Å²) in [6, 6.07) is 0. The van der Waals surface area contributed by atoms with E-state index in [2.05, 4.69) is 21.4 Å². The molecular weight excluding hydrogens is 176 g/mol. The van der Waals surface area contributed by atoms with Gasteiger partial charge in [0.1, 0.15) is 12.7 Å². The molecule has 5 nitrogen and oxygen atoms in total. The summed E-state index contributed by atoms with van der Waals surface area (Å²) < 4.78 is 4.76. The van der Waals surface area contributed by atoms with Gasteiger partial charge in [-0.05, 0) is 13.8 Å². The van der Waals surface area contributed by atoms with Gasteiger partial charge < -0.3 is 4.74 Å². The number of hydrogen-bond donors (Lipinski definition) is 0. The molecule has 0 aromatic rings. The second-order valence-electron chi connectivity index (χ2n) is 2.52. The van der Waals surface area contributed by atoms with Crippen LogP contribution in [-0.4, -0.2) is 25.8 Å². The molecule has 1 unspecified atom stereocenters. The SMILES string of the molecule is C=C(C)C(=O)OCC(C)OOOC. The number of carbonyl (C=O) groups excluding carboxylic acids is 1. The first-order valence-corrected chi connectivity index (χ1v) is 3.76. The number of carbonyl (C=O) groups is 1. The summed E-state index contributed by atoms with van der Waals surface area (Å²) in [5.74, 6) is -0.451. The van der Waals surface area contributed by atoms with Gasteiger partial charge in [0.15, 0.2) is 0 Å². The van der Waals surface area contributed by atoms with Crippen molar-refractivity contribution in [3.63, 3.8) is 0 Å². The zero-order chi connectivity index (χ0) is 10.3. The predicted octanol–water partition coefficient (Wildman–Crippen LogP) is 1.00. The average Bonchev–Trinajstić information content (AvgIpc) is 2.10. The largest absolute Gasteiger partial charge is 0.459 e. The molecule has 0 N–H and O–H groups in total. The van der Waals surface area contributed by atoms with E-state index in [1.165, 1.54) is 7.11 Å². The molecule has 0 aliphatic heterocycles. The van der Waals surface area contributed by atoms with Crippen LogP contribution in [0.15, 0.2) is 12.2 Å². The molecule has 13 heavy (non-hydrogen) atoms. The molecule has 0 saturated carbocycles. The fourth-order valence-corrected chi connectivity index (χ4v) is 0.450. The van der Waals surface area contributed by atoms with E-state index in [1.807, 2.05) is 0 Å². The van der Waals surface area contributed by atoms with E-state index in [9.17, 15) is 4.79 Å². The monoisotopic (exact) mass is 190 g/mol. The minimum absolute atomic E-state index is 0.0923. The predicted molar refractivity (Wildman–Crippen MR) is 44.4 cm³/mol. The number of esters is 1. The van der Waals surface area contributed by atoms with Crippen LogP contribution in [0.4, 0.5) is 0 Å². The fourth-order valence-electron chi connectivity index (χ4n) is 0.450. The number of ether oxygens (including phenoxy) is 1. The average molecular weight is 190 g/mol. The van der Waals surface area contributed by atoms with Gasteiger partial charge in [-0.3, -0.25) is 0 Å². The lowest BCUT2D eigenvalue weighted by Gasteiger charge is -2.10. The molecule has 0 aromatic heterocycles. The molecule has 5 heteroatoms. The van der Waals surface area contributed by atoms with Gasteiger partial charge >= 0.3 is 5.97 Å². The number of rotatable bonds is 6. The molecule has 0 heterocycles. The van der Waals surface area contributed by atoms with Gasteiger partial charge in [-0.15, -0.1) is 0 Å². The topological polar surface area (TPSA) is 54.0 Å². The van der Waals surface area contributed by atoms with E-state index in [1.54, 1.807) is 13.8 Å². The molecule has 76 valence electrons. The fraction of sp³-hybridized carbons (Fsp3) is 0.625. The summed E-state index contributed by atoms with van der Waals surface area (Å²) in [7, 11) is 1.31. The summed E-state index contributed by atoms with van der Waals surface area (Å²) in [6.07, 6.45) is -0.386. The molecule has 0 aliphatic carbocycles. The second-order valence-corrected chi connectivity index (χ2v) is 2.52. The van der Waals surface area contributed by atoms with Crippen molar-refractivity contribution in [3.8, 4) is 0 Å². The van der Waals surface area contributed by atoms with Crippen molar-refractivity contribution in [2.24, 2.45) is 0 Å². The van der Waals surface area contributed by atoms with Crippen molar-refractivity contribution in [2.75, 3.05) is 13.7 Å². The molecule has 0 aliphatic rings. The Morgan fingerprint density at radius 3 is 2.62 bits per heavy atom. The van der Waals surface area contributed by atoms with Gasteiger partial charge in [-0.2, -0.15) is 4.89 Å². The standard InChI is InChI=1S/C8H14O5/c1-6(2)8(9)11-5-7(3)12-13-10-4/h7H,1,5H2,2-4H3.